The summed E-state index contributed by atoms with van der Waals surface area (Å²) < 4.78 is 11.8. The van der Waals surface area contributed by atoms with Crippen LogP contribution in [0.25, 0.3) is 0 Å². The SMILES string of the molecule is CS(=O)CC1C[C@]23CC[C@@H]1C[C@H]2[C@]1(C)CCC[C@@](C)(C(=O)O)[C@H]1CC3. The third kappa shape index (κ3) is 2.49. The summed E-state index contributed by atoms with van der Waals surface area (Å²) in [4.78, 5) is 12.1. The Balaban J connectivity index is 1.67. The molecule has 5 rings (SSSR count). The molecule has 25 heavy (non-hydrogen) atoms. The highest BCUT2D eigenvalue weighted by molar-refractivity contribution is 7.84. The van der Waals surface area contributed by atoms with Gasteiger partial charge in [-0.05, 0) is 92.8 Å². The molecule has 5 aliphatic rings. The van der Waals surface area contributed by atoms with E-state index in [4.69, 9.17) is 0 Å². The molecule has 0 heterocycles. The van der Waals surface area contributed by atoms with Crippen LogP contribution in [-0.2, 0) is 15.6 Å². The number of carboxylic acid groups (broad SMARTS) is 1. The first-order valence-electron chi connectivity index (χ1n) is 10.2. The van der Waals surface area contributed by atoms with Gasteiger partial charge >= 0.3 is 5.97 Å². The van der Waals surface area contributed by atoms with Gasteiger partial charge in [0.05, 0.1) is 5.41 Å². The number of hydrogen-bond donors (Lipinski definition) is 1. The van der Waals surface area contributed by atoms with Crippen LogP contribution in [0.3, 0.4) is 0 Å². The third-order valence-corrected chi connectivity index (χ3v) is 10.2. The largest absolute Gasteiger partial charge is 0.481 e. The molecule has 1 N–H and O–H groups in total. The maximum absolute atomic E-state index is 12.1. The van der Waals surface area contributed by atoms with E-state index in [0.29, 0.717) is 23.2 Å². The molecule has 0 aromatic heterocycles. The molecule has 142 valence electrons. The van der Waals surface area contributed by atoms with Gasteiger partial charge in [0, 0.05) is 22.8 Å². The number of carboxylic acids is 1. The van der Waals surface area contributed by atoms with Gasteiger partial charge in [-0.15, -0.1) is 0 Å². The van der Waals surface area contributed by atoms with Crippen molar-refractivity contribution in [3.05, 3.63) is 0 Å². The predicted molar refractivity (Wildman–Crippen MR) is 101 cm³/mol. The lowest BCUT2D eigenvalue weighted by molar-refractivity contribution is -0.203. The average molecular weight is 367 g/mol. The van der Waals surface area contributed by atoms with Crippen molar-refractivity contribution in [3.8, 4) is 0 Å². The monoisotopic (exact) mass is 366 g/mol. The molecule has 0 saturated heterocycles. The summed E-state index contributed by atoms with van der Waals surface area (Å²) in [5.41, 5.74) is 0.0784. The van der Waals surface area contributed by atoms with Crippen molar-refractivity contribution in [1.29, 1.82) is 0 Å². The van der Waals surface area contributed by atoms with Gasteiger partial charge in [0.1, 0.15) is 0 Å². The minimum Gasteiger partial charge on any atom is -0.481 e. The zero-order valence-corrected chi connectivity index (χ0v) is 16.9. The lowest BCUT2D eigenvalue weighted by Gasteiger charge is -2.68. The highest BCUT2D eigenvalue weighted by Crippen LogP contribution is 2.72. The second-order valence-electron chi connectivity index (χ2n) is 10.3. The summed E-state index contributed by atoms with van der Waals surface area (Å²) in [6, 6.07) is 0. The quantitative estimate of drug-likeness (QED) is 0.801. The molecule has 2 bridgehead atoms. The molecule has 8 atom stereocenters. The number of carbonyl (C=O) groups is 1. The molecule has 0 amide bonds. The van der Waals surface area contributed by atoms with Crippen LogP contribution < -0.4 is 0 Å². The van der Waals surface area contributed by atoms with Gasteiger partial charge in [0.25, 0.3) is 0 Å². The molecule has 5 saturated carbocycles. The predicted octanol–water partition coefficient (Wildman–Crippen LogP) is 4.48. The van der Waals surface area contributed by atoms with E-state index in [9.17, 15) is 14.1 Å². The first-order valence-corrected chi connectivity index (χ1v) is 12.0. The van der Waals surface area contributed by atoms with Gasteiger partial charge in [0.2, 0.25) is 0 Å². The van der Waals surface area contributed by atoms with Gasteiger partial charge in [-0.3, -0.25) is 9.00 Å². The fourth-order valence-corrected chi connectivity index (χ4v) is 9.20. The Labute approximate surface area is 154 Å². The fourth-order valence-electron chi connectivity index (χ4n) is 8.21. The van der Waals surface area contributed by atoms with Crippen LogP contribution in [0.5, 0.6) is 0 Å². The van der Waals surface area contributed by atoms with E-state index >= 15 is 0 Å². The van der Waals surface area contributed by atoms with Crippen LogP contribution in [0.2, 0.25) is 0 Å². The molecule has 1 spiro atoms. The molecule has 0 radical (unpaired) electrons. The first kappa shape index (κ1) is 18.0. The van der Waals surface area contributed by atoms with Crippen LogP contribution in [0.4, 0.5) is 0 Å². The number of rotatable bonds is 3. The van der Waals surface area contributed by atoms with Gasteiger partial charge in [0.15, 0.2) is 0 Å². The van der Waals surface area contributed by atoms with E-state index in [1.165, 1.54) is 38.5 Å². The topological polar surface area (TPSA) is 54.4 Å². The lowest BCUT2D eigenvalue weighted by Crippen LogP contribution is -2.62. The van der Waals surface area contributed by atoms with Crippen molar-refractivity contribution in [3.63, 3.8) is 0 Å². The molecule has 3 nitrogen and oxygen atoms in total. The summed E-state index contributed by atoms with van der Waals surface area (Å²) in [7, 11) is -0.695. The Morgan fingerprint density at radius 1 is 1.12 bits per heavy atom. The Kier molecular flexibility index (Phi) is 4.18. The first-order chi connectivity index (χ1) is 11.7. The van der Waals surface area contributed by atoms with Gasteiger partial charge in [-0.2, -0.15) is 0 Å². The Morgan fingerprint density at radius 2 is 1.84 bits per heavy atom. The van der Waals surface area contributed by atoms with Gasteiger partial charge in [-0.1, -0.05) is 13.3 Å². The van der Waals surface area contributed by atoms with Crippen molar-refractivity contribution >= 4 is 16.8 Å². The van der Waals surface area contributed by atoms with Crippen LogP contribution in [0, 0.1) is 39.9 Å². The summed E-state index contributed by atoms with van der Waals surface area (Å²) in [5, 5.41) is 9.98. The second kappa shape index (κ2) is 5.81. The zero-order valence-electron chi connectivity index (χ0n) is 16.1. The Morgan fingerprint density at radius 3 is 2.52 bits per heavy atom. The maximum atomic E-state index is 12.1. The third-order valence-electron chi connectivity index (χ3n) is 9.27. The Bertz CT molecular complexity index is 604. The lowest BCUT2D eigenvalue weighted by atomic mass is 9.36. The van der Waals surface area contributed by atoms with E-state index in [0.717, 1.165) is 30.9 Å². The Hall–Kier alpha value is -0.380. The van der Waals surface area contributed by atoms with E-state index in [2.05, 4.69) is 6.92 Å². The normalized spacial score (nSPS) is 52.9. The molecule has 4 heteroatoms. The molecule has 5 aliphatic carbocycles. The van der Waals surface area contributed by atoms with Crippen molar-refractivity contribution in [1.82, 2.24) is 0 Å². The van der Waals surface area contributed by atoms with Crippen LogP contribution >= 0.6 is 0 Å². The molecule has 5 fully saturated rings. The van der Waals surface area contributed by atoms with Crippen LogP contribution in [-0.4, -0.2) is 27.3 Å². The average Bonchev–Trinajstić information content (AvgIpc) is 2.53. The molecular formula is C21H34O3S. The highest BCUT2D eigenvalue weighted by atomic mass is 32.2. The van der Waals surface area contributed by atoms with E-state index in [1.54, 1.807) is 0 Å². The fraction of sp³-hybridized carbons (Fsp3) is 0.952. The van der Waals surface area contributed by atoms with Crippen LogP contribution in [0.1, 0.15) is 71.6 Å². The smallest absolute Gasteiger partial charge is 0.309 e. The zero-order chi connectivity index (χ0) is 18.0. The van der Waals surface area contributed by atoms with E-state index < -0.39 is 22.2 Å². The summed E-state index contributed by atoms with van der Waals surface area (Å²) in [6.45, 7) is 4.47. The molecule has 2 unspecified atom stereocenters. The standard InChI is InChI=1S/C21H34O3S/c1-19-7-4-8-20(2,18(22)23)16(19)6-10-21-9-5-14(11-17(19)21)15(12-21)13-25(3)24/h14-17H,4-13H2,1-3H3,(H,22,23)/t14-,15?,16+,17+,19-,20-,21-,25?/m1/s1. The number of hydrogen-bond acceptors (Lipinski definition) is 2. The second-order valence-corrected chi connectivity index (χ2v) is 11.8. The molecule has 0 aromatic carbocycles. The molecular weight excluding hydrogens is 332 g/mol. The van der Waals surface area contributed by atoms with Gasteiger partial charge in [-0.25, -0.2) is 0 Å². The van der Waals surface area contributed by atoms with Gasteiger partial charge < -0.3 is 5.11 Å². The van der Waals surface area contributed by atoms with Crippen molar-refractivity contribution in [2.75, 3.05) is 12.0 Å². The maximum Gasteiger partial charge on any atom is 0.309 e. The molecule has 0 aliphatic heterocycles. The van der Waals surface area contributed by atoms with Crippen molar-refractivity contribution in [2.45, 2.75) is 71.6 Å². The molecule has 0 aromatic rings. The van der Waals surface area contributed by atoms with E-state index in [1.807, 2.05) is 13.2 Å². The minimum absolute atomic E-state index is 0.193. The van der Waals surface area contributed by atoms with Crippen molar-refractivity contribution in [2.24, 2.45) is 39.9 Å². The van der Waals surface area contributed by atoms with Crippen LogP contribution in [0.15, 0.2) is 0 Å². The minimum atomic E-state index is -0.695. The summed E-state index contributed by atoms with van der Waals surface area (Å²) in [6.07, 6.45) is 12.5. The van der Waals surface area contributed by atoms with Crippen molar-refractivity contribution < 1.29 is 14.1 Å². The summed E-state index contributed by atoms with van der Waals surface area (Å²) >= 11 is 0. The number of fused-ring (bicyclic) bond motifs is 3. The summed E-state index contributed by atoms with van der Waals surface area (Å²) in [5.74, 6) is 2.71. The highest BCUT2D eigenvalue weighted by Gasteiger charge is 2.65. The number of aliphatic carboxylic acids is 1. The van der Waals surface area contributed by atoms with E-state index in [-0.39, 0.29) is 5.41 Å².